The molecule has 0 saturated heterocycles. The van der Waals surface area contributed by atoms with Crippen molar-refractivity contribution in [1.82, 2.24) is 14.5 Å². The summed E-state index contributed by atoms with van der Waals surface area (Å²) in [6.45, 7) is 4.31. The molecular formula is C24H24N4O2S3. The Bertz CT molecular complexity index is 1370. The molecule has 1 N–H and O–H groups in total. The zero-order valence-electron chi connectivity index (χ0n) is 18.5. The number of hydrogen-bond acceptors (Lipinski definition) is 7. The second-order valence-electron chi connectivity index (χ2n) is 7.99. The monoisotopic (exact) mass is 496 g/mol. The summed E-state index contributed by atoms with van der Waals surface area (Å²) in [6, 6.07) is 9.88. The number of benzene rings is 1. The second kappa shape index (κ2) is 9.40. The number of thiophene rings is 1. The van der Waals surface area contributed by atoms with Crippen molar-refractivity contribution in [3.63, 3.8) is 0 Å². The molecular weight excluding hydrogens is 472 g/mol. The molecule has 9 heteroatoms. The van der Waals surface area contributed by atoms with Crippen LogP contribution in [0.2, 0.25) is 0 Å². The minimum Gasteiger partial charge on any atom is -0.301 e. The van der Waals surface area contributed by atoms with Gasteiger partial charge in [0.15, 0.2) is 10.3 Å². The lowest BCUT2D eigenvalue weighted by atomic mass is 9.97. The van der Waals surface area contributed by atoms with Crippen LogP contribution in [0, 0.1) is 0 Å². The van der Waals surface area contributed by atoms with E-state index in [0.29, 0.717) is 16.8 Å². The molecule has 0 fully saturated rings. The Hall–Kier alpha value is -2.49. The lowest BCUT2D eigenvalue weighted by Gasteiger charge is -2.14. The van der Waals surface area contributed by atoms with Gasteiger partial charge >= 0.3 is 0 Å². The van der Waals surface area contributed by atoms with Crippen LogP contribution in [0.5, 0.6) is 0 Å². The Morgan fingerprint density at radius 3 is 2.79 bits per heavy atom. The summed E-state index contributed by atoms with van der Waals surface area (Å²) in [4.78, 5) is 37.7. The molecule has 1 atom stereocenters. The number of carbonyl (C=O) groups is 1. The summed E-state index contributed by atoms with van der Waals surface area (Å²) >= 11 is 4.37. The van der Waals surface area contributed by atoms with Crippen LogP contribution in [0.25, 0.3) is 21.5 Å². The number of nitrogens with one attached hydrogen (secondary N) is 1. The Balaban J connectivity index is 1.36. The molecule has 1 amide bonds. The molecule has 0 radical (unpaired) electrons. The summed E-state index contributed by atoms with van der Waals surface area (Å²) in [6.07, 6.45) is 4.28. The highest BCUT2D eigenvalue weighted by molar-refractivity contribution is 8.00. The van der Waals surface area contributed by atoms with Gasteiger partial charge in [0.05, 0.1) is 16.3 Å². The molecule has 3 heterocycles. The topological polar surface area (TPSA) is 76.9 Å². The normalized spacial score (nSPS) is 14.2. The number of thioether (sulfide) groups is 1. The van der Waals surface area contributed by atoms with Crippen LogP contribution in [0.4, 0.5) is 5.13 Å². The Labute approximate surface area is 204 Å². The van der Waals surface area contributed by atoms with Crippen LogP contribution in [0.15, 0.2) is 45.7 Å². The van der Waals surface area contributed by atoms with E-state index < -0.39 is 5.25 Å². The quantitative estimate of drug-likeness (QED) is 0.278. The first-order chi connectivity index (χ1) is 16.0. The number of fused-ring (bicyclic) bond motifs is 3. The maximum absolute atomic E-state index is 13.3. The fraction of sp³-hybridized carbons (Fsp3) is 0.333. The lowest BCUT2D eigenvalue weighted by molar-refractivity contribution is -0.115. The number of hydrogen-bond donors (Lipinski definition) is 1. The largest absolute Gasteiger partial charge is 0.301 e. The number of thiazole rings is 1. The SMILES string of the molecule is CCn1c(SC(C)C(=O)Nc2nc(-c3ccccc3)cs2)nc2sc3c(c2c1=O)CCCC3. The van der Waals surface area contributed by atoms with Gasteiger partial charge in [-0.05, 0) is 45.1 Å². The average molecular weight is 497 g/mol. The molecule has 0 saturated carbocycles. The third-order valence-electron chi connectivity index (χ3n) is 5.81. The third-order valence-corrected chi connectivity index (χ3v) is 8.84. The summed E-state index contributed by atoms with van der Waals surface area (Å²) in [7, 11) is 0. The van der Waals surface area contributed by atoms with E-state index in [1.165, 1.54) is 40.0 Å². The molecule has 0 spiro atoms. The first-order valence-corrected chi connectivity index (χ1v) is 13.7. The van der Waals surface area contributed by atoms with E-state index in [-0.39, 0.29) is 11.5 Å². The zero-order chi connectivity index (χ0) is 22.9. The molecule has 3 aromatic heterocycles. The second-order valence-corrected chi connectivity index (χ2v) is 11.2. The van der Waals surface area contributed by atoms with Crippen molar-refractivity contribution in [2.24, 2.45) is 0 Å². The van der Waals surface area contributed by atoms with Crippen LogP contribution in [0.3, 0.4) is 0 Å². The highest BCUT2D eigenvalue weighted by Gasteiger charge is 2.24. The molecule has 1 aromatic carbocycles. The smallest absolute Gasteiger partial charge is 0.263 e. The Kier molecular flexibility index (Phi) is 6.36. The van der Waals surface area contributed by atoms with Crippen molar-refractivity contribution in [1.29, 1.82) is 0 Å². The lowest BCUT2D eigenvalue weighted by Crippen LogP contribution is -2.26. The van der Waals surface area contributed by atoms with Gasteiger partial charge in [-0.2, -0.15) is 0 Å². The van der Waals surface area contributed by atoms with Crippen molar-refractivity contribution >= 4 is 55.7 Å². The van der Waals surface area contributed by atoms with Crippen molar-refractivity contribution in [3.8, 4) is 11.3 Å². The number of aryl methyl sites for hydroxylation is 2. The van der Waals surface area contributed by atoms with Gasteiger partial charge in [0, 0.05) is 22.4 Å². The molecule has 0 aliphatic heterocycles. The Morgan fingerprint density at radius 1 is 1.21 bits per heavy atom. The van der Waals surface area contributed by atoms with Gasteiger partial charge < -0.3 is 5.32 Å². The van der Waals surface area contributed by atoms with Gasteiger partial charge in [-0.3, -0.25) is 14.2 Å². The highest BCUT2D eigenvalue weighted by atomic mass is 32.2. The van der Waals surface area contributed by atoms with Crippen LogP contribution >= 0.6 is 34.4 Å². The molecule has 6 nitrogen and oxygen atoms in total. The molecule has 1 unspecified atom stereocenters. The fourth-order valence-electron chi connectivity index (χ4n) is 4.08. The first kappa shape index (κ1) is 22.3. The molecule has 4 aromatic rings. The van der Waals surface area contributed by atoms with Crippen molar-refractivity contribution < 1.29 is 4.79 Å². The number of carbonyl (C=O) groups excluding carboxylic acids is 1. The first-order valence-electron chi connectivity index (χ1n) is 11.1. The number of rotatable bonds is 6. The predicted octanol–water partition coefficient (Wildman–Crippen LogP) is 5.60. The predicted molar refractivity (Wildman–Crippen MR) is 138 cm³/mol. The zero-order valence-corrected chi connectivity index (χ0v) is 20.9. The Morgan fingerprint density at radius 2 is 2.00 bits per heavy atom. The third kappa shape index (κ3) is 4.37. The van der Waals surface area contributed by atoms with Gasteiger partial charge in [-0.15, -0.1) is 22.7 Å². The number of anilines is 1. The van der Waals surface area contributed by atoms with E-state index in [4.69, 9.17) is 4.98 Å². The van der Waals surface area contributed by atoms with Crippen LogP contribution in [0.1, 0.15) is 37.1 Å². The minimum atomic E-state index is -0.425. The van der Waals surface area contributed by atoms with Crippen molar-refractivity contribution in [2.75, 3.05) is 5.32 Å². The summed E-state index contributed by atoms with van der Waals surface area (Å²) in [5, 5.41) is 6.37. The summed E-state index contributed by atoms with van der Waals surface area (Å²) in [5.74, 6) is -0.156. The average Bonchev–Trinajstić information content (AvgIpc) is 3.44. The fourth-order valence-corrected chi connectivity index (χ4v) is 7.08. The van der Waals surface area contributed by atoms with Crippen molar-refractivity contribution in [3.05, 3.63) is 56.5 Å². The number of nitrogens with zero attached hydrogens (tertiary/aromatic N) is 3. The standard InChI is InChI=1S/C24H24N4O2S3/c1-3-28-22(30)19-16-11-7-8-12-18(16)33-21(19)27-24(28)32-14(2)20(29)26-23-25-17(13-31-23)15-9-5-4-6-10-15/h4-6,9-10,13-14H,3,7-8,11-12H2,1-2H3,(H,25,26,29). The van der Waals surface area contributed by atoms with Crippen LogP contribution in [-0.2, 0) is 24.2 Å². The van der Waals surface area contributed by atoms with Gasteiger partial charge in [-0.1, -0.05) is 42.1 Å². The summed E-state index contributed by atoms with van der Waals surface area (Å²) < 4.78 is 1.70. The van der Waals surface area contributed by atoms with E-state index >= 15 is 0 Å². The maximum atomic E-state index is 13.3. The molecule has 170 valence electrons. The van der Waals surface area contributed by atoms with Crippen LogP contribution < -0.4 is 10.9 Å². The van der Waals surface area contributed by atoms with Gasteiger partial charge in [-0.25, -0.2) is 9.97 Å². The minimum absolute atomic E-state index is 0.0180. The van der Waals surface area contributed by atoms with E-state index in [0.717, 1.165) is 40.7 Å². The molecule has 1 aliphatic carbocycles. The number of amides is 1. The van der Waals surface area contributed by atoms with E-state index in [2.05, 4.69) is 10.3 Å². The molecule has 33 heavy (non-hydrogen) atoms. The summed E-state index contributed by atoms with van der Waals surface area (Å²) in [5.41, 5.74) is 3.07. The van der Waals surface area contributed by atoms with E-state index in [9.17, 15) is 9.59 Å². The van der Waals surface area contributed by atoms with E-state index in [1.807, 2.05) is 49.6 Å². The maximum Gasteiger partial charge on any atom is 0.263 e. The van der Waals surface area contributed by atoms with E-state index in [1.54, 1.807) is 15.9 Å². The molecule has 0 bridgehead atoms. The van der Waals surface area contributed by atoms with Gasteiger partial charge in [0.2, 0.25) is 5.91 Å². The van der Waals surface area contributed by atoms with Gasteiger partial charge in [0.25, 0.3) is 5.56 Å². The van der Waals surface area contributed by atoms with Crippen molar-refractivity contribution in [2.45, 2.75) is 56.5 Å². The highest BCUT2D eigenvalue weighted by Crippen LogP contribution is 2.35. The number of aromatic nitrogens is 3. The molecule has 1 aliphatic rings. The van der Waals surface area contributed by atoms with Gasteiger partial charge in [0.1, 0.15) is 4.83 Å². The molecule has 5 rings (SSSR count). The van der Waals surface area contributed by atoms with Crippen LogP contribution in [-0.4, -0.2) is 25.7 Å².